The summed E-state index contributed by atoms with van der Waals surface area (Å²) in [5.41, 5.74) is 3.55. The van der Waals surface area contributed by atoms with Crippen molar-refractivity contribution in [2.45, 2.75) is 57.7 Å². The van der Waals surface area contributed by atoms with Crippen LogP contribution in [-0.4, -0.2) is 72.8 Å². The lowest BCUT2D eigenvalue weighted by molar-refractivity contribution is -0.466. The third-order valence-corrected chi connectivity index (χ3v) is 7.41. The highest BCUT2D eigenvalue weighted by Gasteiger charge is 2.25. The van der Waals surface area contributed by atoms with Crippen molar-refractivity contribution in [3.05, 3.63) is 71.0 Å². The molecule has 9 nitrogen and oxygen atoms in total. The van der Waals surface area contributed by atoms with Crippen LogP contribution in [0.1, 0.15) is 43.9 Å². The predicted octanol–water partition coefficient (Wildman–Crippen LogP) is 4.42. The van der Waals surface area contributed by atoms with Gasteiger partial charge in [-0.3, -0.25) is 10.1 Å². The first-order valence-corrected chi connectivity index (χ1v) is 14.5. The minimum atomic E-state index is -1.13. The van der Waals surface area contributed by atoms with Gasteiger partial charge < -0.3 is 19.9 Å². The van der Waals surface area contributed by atoms with Gasteiger partial charge in [-0.15, -0.1) is 0 Å². The molecular formula is C31H42FN6O3+. The minimum Gasteiger partial charge on any atom is -0.382 e. The summed E-state index contributed by atoms with van der Waals surface area (Å²) >= 11 is 0. The second-order valence-corrected chi connectivity index (χ2v) is 10.6. The third kappa shape index (κ3) is 8.93. The molecule has 0 fully saturated rings. The maximum atomic E-state index is 14.6. The number of methoxy groups -OCH3 is 1. The third-order valence-electron chi connectivity index (χ3n) is 7.41. The molecule has 3 heterocycles. The normalized spacial score (nSPS) is 14.2. The van der Waals surface area contributed by atoms with Crippen LogP contribution in [0.3, 0.4) is 0 Å². The zero-order valence-corrected chi connectivity index (χ0v) is 24.1. The minimum absolute atomic E-state index is 0.0230. The van der Waals surface area contributed by atoms with Crippen molar-refractivity contribution < 1.29 is 18.3 Å². The van der Waals surface area contributed by atoms with Crippen LogP contribution in [0, 0.1) is 4.91 Å². The maximum absolute atomic E-state index is 14.6. The van der Waals surface area contributed by atoms with Crippen molar-refractivity contribution in [1.82, 2.24) is 14.9 Å². The number of aromatic amines is 1. The molecule has 0 unspecified atom stereocenters. The number of carbonyl (C=O) groups is 1. The van der Waals surface area contributed by atoms with Crippen LogP contribution in [-0.2, 0) is 22.4 Å². The quantitative estimate of drug-likeness (QED) is 0.174. The van der Waals surface area contributed by atoms with Crippen LogP contribution in [0.15, 0.2) is 54.9 Å². The number of anilines is 2. The number of Topliss-reactive ketones (excluding diaryl/α,β-unsaturated/α-hetero) is 1. The van der Waals surface area contributed by atoms with Crippen LogP contribution in [0.25, 0.3) is 11.3 Å². The van der Waals surface area contributed by atoms with E-state index >= 15 is 0 Å². The topological polar surface area (TPSA) is 105 Å². The standard InChI is InChI=1S/C31H42FN6O3/c1-23(39)28(36-30-20-33-19-29(38(30)40)24-9-4-3-5-10-24)15-18-37(21-26(32)22-41-2)17-7-6-12-27-14-13-25-11-8-16-34-31(25)35-27/h3-5,9-10,13-14,19-20,26,28,36H,6-8,11-12,15-18,21-22H2,1-2H3,(H,33,40)(H,34,35)/q+1/t26-,28-/m0/s1. The lowest BCUT2D eigenvalue weighted by Gasteiger charge is -2.25. The number of H-pyrrole nitrogens is 1. The van der Waals surface area contributed by atoms with E-state index in [1.54, 1.807) is 12.4 Å². The molecule has 3 aromatic rings. The number of nitrogens with one attached hydrogen (secondary N) is 3. The first-order chi connectivity index (χ1) is 19.9. The van der Waals surface area contributed by atoms with Gasteiger partial charge in [0.25, 0.3) is 0 Å². The monoisotopic (exact) mass is 565 g/mol. The fraction of sp³-hybridized carbons (Fsp3) is 0.484. The molecule has 220 valence electrons. The molecule has 3 N–H and O–H groups in total. The van der Waals surface area contributed by atoms with Gasteiger partial charge in [0.15, 0.2) is 11.8 Å². The van der Waals surface area contributed by atoms with E-state index in [0.717, 1.165) is 60.2 Å². The number of alkyl halides is 1. The van der Waals surface area contributed by atoms with E-state index in [1.165, 1.54) is 19.6 Å². The molecule has 2 aromatic heterocycles. The average molecular weight is 566 g/mol. The zero-order valence-electron chi connectivity index (χ0n) is 24.1. The van der Waals surface area contributed by atoms with Crippen LogP contribution < -0.4 is 15.1 Å². The van der Waals surface area contributed by atoms with E-state index in [1.807, 2.05) is 35.2 Å². The van der Waals surface area contributed by atoms with Gasteiger partial charge in [-0.05, 0) is 57.2 Å². The number of benzene rings is 1. The SMILES string of the molecule is COC[C@@H](F)CN(CCCCc1ccc2c(n1)NCCC2)CC[C@H](Nc1c[nH]cc(-c2ccccc2)[n+]1=O)C(C)=O. The molecule has 0 saturated heterocycles. The van der Waals surface area contributed by atoms with Crippen LogP contribution in [0.2, 0.25) is 0 Å². The number of hydrogen-bond acceptors (Lipinski definition) is 7. The summed E-state index contributed by atoms with van der Waals surface area (Å²) in [7, 11) is 1.49. The Bertz CT molecular complexity index is 1320. The number of halogens is 1. The summed E-state index contributed by atoms with van der Waals surface area (Å²) in [6.45, 7) is 3.91. The van der Waals surface area contributed by atoms with Crippen molar-refractivity contribution in [2.24, 2.45) is 0 Å². The molecule has 1 aliphatic heterocycles. The Balaban J connectivity index is 1.35. The summed E-state index contributed by atoms with van der Waals surface area (Å²) < 4.78 is 20.4. The Kier molecular flexibility index (Phi) is 11.4. The van der Waals surface area contributed by atoms with Gasteiger partial charge in [0.05, 0.1) is 19.0 Å². The Labute approximate surface area is 241 Å². The van der Waals surface area contributed by atoms with E-state index in [0.29, 0.717) is 25.2 Å². The first-order valence-electron chi connectivity index (χ1n) is 14.5. The number of nitrogens with zero attached hydrogens (tertiary/aromatic N) is 3. The number of carbonyl (C=O) groups excluding carboxylic acids is 1. The molecule has 4 rings (SSSR count). The van der Waals surface area contributed by atoms with Crippen LogP contribution in [0.4, 0.5) is 16.0 Å². The summed E-state index contributed by atoms with van der Waals surface area (Å²) in [6, 6.07) is 13.0. The molecule has 10 heteroatoms. The van der Waals surface area contributed by atoms with Crippen molar-refractivity contribution in [2.75, 3.05) is 50.5 Å². The summed E-state index contributed by atoms with van der Waals surface area (Å²) in [6.07, 6.45) is 7.35. The molecule has 2 atom stereocenters. The number of aryl methyl sites for hydroxylation is 2. The molecule has 0 amide bonds. The number of fused-ring (bicyclic) bond motifs is 1. The lowest BCUT2D eigenvalue weighted by Crippen LogP contribution is -2.39. The zero-order chi connectivity index (χ0) is 29.0. The fourth-order valence-electron chi connectivity index (χ4n) is 5.18. The molecule has 0 aliphatic carbocycles. The number of aromatic nitrogens is 3. The summed E-state index contributed by atoms with van der Waals surface area (Å²) in [4.78, 5) is 35.5. The van der Waals surface area contributed by atoms with Gasteiger partial charge >= 0.3 is 5.82 Å². The Morgan fingerprint density at radius 3 is 2.78 bits per heavy atom. The second kappa shape index (κ2) is 15.4. The lowest BCUT2D eigenvalue weighted by atomic mass is 10.1. The molecule has 41 heavy (non-hydrogen) atoms. The van der Waals surface area contributed by atoms with Gasteiger partial charge in [0.2, 0.25) is 5.69 Å². The van der Waals surface area contributed by atoms with Crippen molar-refractivity contribution in [3.8, 4) is 11.3 Å². The van der Waals surface area contributed by atoms with Gasteiger partial charge in [-0.1, -0.05) is 41.3 Å². The molecule has 1 aromatic carbocycles. The highest BCUT2D eigenvalue weighted by molar-refractivity contribution is 5.83. The summed E-state index contributed by atoms with van der Waals surface area (Å²) in [5, 5.41) is 6.50. The highest BCUT2D eigenvalue weighted by atomic mass is 19.1. The number of pyridine rings is 1. The maximum Gasteiger partial charge on any atom is 0.336 e. The predicted molar refractivity (Wildman–Crippen MR) is 160 cm³/mol. The van der Waals surface area contributed by atoms with Gasteiger partial charge in [0, 0.05) is 48.8 Å². The number of unbranched alkanes of at least 4 members (excludes halogenated alkanes) is 1. The van der Waals surface area contributed by atoms with Crippen molar-refractivity contribution >= 4 is 17.4 Å². The number of hydrogen-bond donors (Lipinski definition) is 3. The van der Waals surface area contributed by atoms with E-state index in [9.17, 15) is 14.1 Å². The van der Waals surface area contributed by atoms with Gasteiger partial charge in [-0.25, -0.2) is 9.37 Å². The fourth-order valence-corrected chi connectivity index (χ4v) is 5.18. The van der Waals surface area contributed by atoms with Crippen molar-refractivity contribution in [3.63, 3.8) is 0 Å². The smallest absolute Gasteiger partial charge is 0.336 e. The van der Waals surface area contributed by atoms with E-state index < -0.39 is 12.2 Å². The summed E-state index contributed by atoms with van der Waals surface area (Å²) in [5.74, 6) is 1.17. The number of rotatable bonds is 16. The largest absolute Gasteiger partial charge is 0.382 e. The molecule has 0 saturated carbocycles. The van der Waals surface area contributed by atoms with Crippen molar-refractivity contribution in [1.29, 1.82) is 0 Å². The van der Waals surface area contributed by atoms with E-state index in [4.69, 9.17) is 9.72 Å². The molecule has 0 radical (unpaired) electrons. The Morgan fingerprint density at radius 2 is 2.00 bits per heavy atom. The van der Waals surface area contributed by atoms with Crippen LogP contribution in [0.5, 0.6) is 0 Å². The van der Waals surface area contributed by atoms with Gasteiger partial charge in [-0.2, -0.15) is 0 Å². The Morgan fingerprint density at radius 1 is 1.17 bits per heavy atom. The van der Waals surface area contributed by atoms with Gasteiger partial charge in [0.1, 0.15) is 12.0 Å². The first kappa shape index (κ1) is 30.3. The average Bonchev–Trinajstić information content (AvgIpc) is 2.98. The highest BCUT2D eigenvalue weighted by Crippen LogP contribution is 2.20. The van der Waals surface area contributed by atoms with E-state index in [-0.39, 0.29) is 24.8 Å². The molecular weight excluding hydrogens is 523 g/mol. The molecule has 0 bridgehead atoms. The number of ketones is 1. The number of ether oxygens (including phenoxy) is 1. The Hall–Kier alpha value is -3.63. The van der Waals surface area contributed by atoms with E-state index in [2.05, 4.69) is 27.8 Å². The second-order valence-electron chi connectivity index (χ2n) is 10.6. The molecule has 1 aliphatic rings. The molecule has 0 spiro atoms. The van der Waals surface area contributed by atoms with Crippen LogP contribution >= 0.6 is 0 Å².